The smallest absolute Gasteiger partial charge is 0.241 e. The molecule has 1 aromatic carbocycles. The maximum absolute atomic E-state index is 12.2. The Kier molecular flexibility index (Phi) is 4.72. The Hall–Kier alpha value is -1.11. The molecule has 0 fully saturated rings. The number of nitrogens with two attached hydrogens (primary N) is 1. The molecular formula is C12H21N3O2S. The zero-order chi connectivity index (χ0) is 13.9. The second-order valence-corrected chi connectivity index (χ2v) is 6.49. The minimum Gasteiger partial charge on any atom is -0.399 e. The Morgan fingerprint density at radius 3 is 2.56 bits per heavy atom. The first-order valence-electron chi connectivity index (χ1n) is 5.75. The highest BCUT2D eigenvalue weighted by molar-refractivity contribution is 7.89. The summed E-state index contributed by atoms with van der Waals surface area (Å²) in [6.45, 7) is 4.23. The standard InChI is InChI=1S/C12H21N3O2S/c1-9-5-6-11(13)7-12(9)18(16,17)14-10(2)8-15(3)4/h5-7,10,14H,8,13H2,1-4H3. The Balaban J connectivity index is 2.96. The van der Waals surface area contributed by atoms with E-state index in [1.54, 1.807) is 19.1 Å². The monoisotopic (exact) mass is 271 g/mol. The maximum atomic E-state index is 12.2. The second kappa shape index (κ2) is 5.69. The van der Waals surface area contributed by atoms with Crippen LogP contribution in [0.2, 0.25) is 0 Å². The summed E-state index contributed by atoms with van der Waals surface area (Å²) < 4.78 is 27.1. The van der Waals surface area contributed by atoms with Crippen LogP contribution in [0.4, 0.5) is 5.69 Å². The number of hydrogen-bond donors (Lipinski definition) is 2. The molecule has 0 bridgehead atoms. The minimum atomic E-state index is -3.51. The number of rotatable bonds is 5. The van der Waals surface area contributed by atoms with Crippen molar-refractivity contribution in [2.24, 2.45) is 0 Å². The van der Waals surface area contributed by atoms with Gasteiger partial charge in [0.25, 0.3) is 0 Å². The van der Waals surface area contributed by atoms with Gasteiger partial charge in [-0.05, 0) is 45.6 Å². The fraction of sp³-hybridized carbons (Fsp3) is 0.500. The quantitative estimate of drug-likeness (QED) is 0.777. The Labute approximate surface area is 109 Å². The van der Waals surface area contributed by atoms with Crippen molar-refractivity contribution in [2.75, 3.05) is 26.4 Å². The third kappa shape index (κ3) is 3.97. The number of likely N-dealkylation sites (N-methyl/N-ethyl adjacent to an activating group) is 1. The van der Waals surface area contributed by atoms with Crippen LogP contribution in [0.15, 0.2) is 23.1 Å². The summed E-state index contributed by atoms with van der Waals surface area (Å²) >= 11 is 0. The fourth-order valence-electron chi connectivity index (χ4n) is 1.82. The van der Waals surface area contributed by atoms with E-state index in [0.717, 1.165) is 0 Å². The van der Waals surface area contributed by atoms with Gasteiger partial charge in [-0.3, -0.25) is 0 Å². The van der Waals surface area contributed by atoms with Gasteiger partial charge in [-0.1, -0.05) is 6.07 Å². The van der Waals surface area contributed by atoms with E-state index in [9.17, 15) is 8.42 Å². The molecular weight excluding hydrogens is 250 g/mol. The molecule has 1 rings (SSSR count). The number of nitrogens with zero attached hydrogens (tertiary/aromatic N) is 1. The van der Waals surface area contributed by atoms with Gasteiger partial charge in [0.15, 0.2) is 0 Å². The first kappa shape index (κ1) is 14.9. The van der Waals surface area contributed by atoms with Crippen LogP contribution >= 0.6 is 0 Å². The van der Waals surface area contributed by atoms with Crippen molar-refractivity contribution in [3.8, 4) is 0 Å². The number of hydrogen-bond acceptors (Lipinski definition) is 4. The summed E-state index contributed by atoms with van der Waals surface area (Å²) in [4.78, 5) is 2.17. The lowest BCUT2D eigenvalue weighted by molar-refractivity contribution is 0.370. The molecule has 0 aromatic heterocycles. The molecule has 18 heavy (non-hydrogen) atoms. The third-order valence-electron chi connectivity index (χ3n) is 2.50. The second-order valence-electron chi connectivity index (χ2n) is 4.81. The molecule has 0 aliphatic rings. The molecule has 6 heteroatoms. The lowest BCUT2D eigenvalue weighted by Gasteiger charge is -2.19. The van der Waals surface area contributed by atoms with Gasteiger partial charge < -0.3 is 10.6 Å². The molecule has 0 aliphatic heterocycles. The number of anilines is 1. The van der Waals surface area contributed by atoms with Crippen molar-refractivity contribution in [1.82, 2.24) is 9.62 Å². The number of nitrogen functional groups attached to an aromatic ring is 1. The first-order chi connectivity index (χ1) is 8.22. The van der Waals surface area contributed by atoms with Crippen molar-refractivity contribution < 1.29 is 8.42 Å². The molecule has 0 amide bonds. The lowest BCUT2D eigenvalue weighted by atomic mass is 10.2. The summed E-state index contributed by atoms with van der Waals surface area (Å²) in [7, 11) is 0.284. The normalized spacial score (nSPS) is 13.8. The molecule has 5 nitrogen and oxygen atoms in total. The Bertz CT molecular complexity index is 512. The highest BCUT2D eigenvalue weighted by Gasteiger charge is 2.19. The van der Waals surface area contributed by atoms with Gasteiger partial charge in [0.1, 0.15) is 0 Å². The average Bonchev–Trinajstić information content (AvgIpc) is 2.19. The van der Waals surface area contributed by atoms with Crippen molar-refractivity contribution >= 4 is 15.7 Å². The molecule has 0 saturated heterocycles. The zero-order valence-electron chi connectivity index (χ0n) is 11.3. The zero-order valence-corrected chi connectivity index (χ0v) is 12.1. The topological polar surface area (TPSA) is 75.4 Å². The van der Waals surface area contributed by atoms with E-state index in [1.807, 2.05) is 25.9 Å². The SMILES string of the molecule is Cc1ccc(N)cc1S(=O)(=O)NC(C)CN(C)C. The molecule has 1 aromatic rings. The first-order valence-corrected chi connectivity index (χ1v) is 7.24. The van der Waals surface area contributed by atoms with Gasteiger partial charge in [0.05, 0.1) is 4.90 Å². The molecule has 0 aliphatic carbocycles. The van der Waals surface area contributed by atoms with E-state index in [0.29, 0.717) is 17.8 Å². The predicted molar refractivity (Wildman–Crippen MR) is 73.9 cm³/mol. The van der Waals surface area contributed by atoms with E-state index in [1.165, 1.54) is 6.07 Å². The van der Waals surface area contributed by atoms with Crippen LogP contribution in [0.5, 0.6) is 0 Å². The summed E-state index contributed by atoms with van der Waals surface area (Å²) in [6, 6.07) is 4.73. The van der Waals surface area contributed by atoms with Crippen LogP contribution in [0.1, 0.15) is 12.5 Å². The molecule has 0 radical (unpaired) electrons. The lowest BCUT2D eigenvalue weighted by Crippen LogP contribution is -2.39. The van der Waals surface area contributed by atoms with Crippen molar-refractivity contribution in [1.29, 1.82) is 0 Å². The van der Waals surface area contributed by atoms with Gasteiger partial charge >= 0.3 is 0 Å². The highest BCUT2D eigenvalue weighted by atomic mass is 32.2. The van der Waals surface area contributed by atoms with Crippen LogP contribution in [0.3, 0.4) is 0 Å². The third-order valence-corrected chi connectivity index (χ3v) is 4.23. The van der Waals surface area contributed by atoms with Gasteiger partial charge in [-0.2, -0.15) is 0 Å². The Morgan fingerprint density at radius 2 is 2.00 bits per heavy atom. The summed E-state index contributed by atoms with van der Waals surface area (Å²) in [6.07, 6.45) is 0. The number of aryl methyl sites for hydroxylation is 1. The molecule has 1 unspecified atom stereocenters. The van der Waals surface area contributed by atoms with Gasteiger partial charge in [0, 0.05) is 18.3 Å². The molecule has 0 saturated carbocycles. The molecule has 3 N–H and O–H groups in total. The van der Waals surface area contributed by atoms with E-state index in [2.05, 4.69) is 4.72 Å². The van der Waals surface area contributed by atoms with Gasteiger partial charge in [0.2, 0.25) is 10.0 Å². The predicted octanol–water partition coefficient (Wildman–Crippen LogP) is 0.806. The molecule has 102 valence electrons. The van der Waals surface area contributed by atoms with E-state index >= 15 is 0 Å². The van der Waals surface area contributed by atoms with Crippen LogP contribution in [0, 0.1) is 6.92 Å². The van der Waals surface area contributed by atoms with Crippen LogP contribution in [-0.4, -0.2) is 40.0 Å². The van der Waals surface area contributed by atoms with Gasteiger partial charge in [-0.15, -0.1) is 0 Å². The maximum Gasteiger partial charge on any atom is 0.241 e. The number of sulfonamides is 1. The van der Waals surface area contributed by atoms with E-state index in [-0.39, 0.29) is 10.9 Å². The molecule has 1 atom stereocenters. The summed E-state index contributed by atoms with van der Waals surface area (Å²) in [5.41, 5.74) is 6.77. The van der Waals surface area contributed by atoms with Crippen molar-refractivity contribution in [2.45, 2.75) is 24.8 Å². The number of nitrogens with one attached hydrogen (secondary N) is 1. The summed E-state index contributed by atoms with van der Waals surface area (Å²) in [5.74, 6) is 0. The minimum absolute atomic E-state index is 0.161. The van der Waals surface area contributed by atoms with Crippen LogP contribution in [-0.2, 0) is 10.0 Å². The van der Waals surface area contributed by atoms with Crippen molar-refractivity contribution in [3.05, 3.63) is 23.8 Å². The molecule has 0 spiro atoms. The number of benzene rings is 1. The average molecular weight is 271 g/mol. The molecule has 0 heterocycles. The van der Waals surface area contributed by atoms with Crippen LogP contribution in [0.25, 0.3) is 0 Å². The van der Waals surface area contributed by atoms with Crippen molar-refractivity contribution in [3.63, 3.8) is 0 Å². The van der Waals surface area contributed by atoms with Crippen LogP contribution < -0.4 is 10.5 Å². The largest absolute Gasteiger partial charge is 0.399 e. The Morgan fingerprint density at radius 1 is 1.39 bits per heavy atom. The summed E-state index contributed by atoms with van der Waals surface area (Å²) in [5, 5.41) is 0. The van der Waals surface area contributed by atoms with E-state index in [4.69, 9.17) is 5.73 Å². The van der Waals surface area contributed by atoms with Gasteiger partial charge in [-0.25, -0.2) is 13.1 Å². The van der Waals surface area contributed by atoms with E-state index < -0.39 is 10.0 Å². The fourth-order valence-corrected chi connectivity index (χ4v) is 3.33. The highest BCUT2D eigenvalue weighted by Crippen LogP contribution is 2.18.